The number of terminal acetylenes is 1. The summed E-state index contributed by atoms with van der Waals surface area (Å²) in [5.41, 5.74) is 7.57. The van der Waals surface area contributed by atoms with E-state index >= 15 is 0 Å². The van der Waals surface area contributed by atoms with E-state index in [1.54, 1.807) is 24.7 Å². The number of anilines is 2. The minimum atomic E-state index is -4.39. The van der Waals surface area contributed by atoms with Crippen LogP contribution in [0.25, 0.3) is 21.7 Å². The van der Waals surface area contributed by atoms with Gasteiger partial charge in [-0.3, -0.25) is 15.0 Å². The molecule has 1 atom stereocenters. The number of halogens is 4. The van der Waals surface area contributed by atoms with E-state index in [0.717, 1.165) is 32.4 Å². The van der Waals surface area contributed by atoms with Gasteiger partial charge in [-0.25, -0.2) is 0 Å². The Bertz CT molecular complexity index is 1780. The molecule has 1 saturated carbocycles. The third kappa shape index (κ3) is 5.39. The first-order valence-corrected chi connectivity index (χ1v) is 14.3. The van der Waals surface area contributed by atoms with Crippen LogP contribution in [0.4, 0.5) is 24.5 Å². The molecule has 4 aromatic rings. The Balaban J connectivity index is 1.46. The van der Waals surface area contributed by atoms with Crippen molar-refractivity contribution in [1.82, 2.24) is 25.9 Å². The van der Waals surface area contributed by atoms with Crippen LogP contribution in [0, 0.1) is 17.8 Å². The zero-order chi connectivity index (χ0) is 30.6. The van der Waals surface area contributed by atoms with E-state index < -0.39 is 17.8 Å². The molecule has 0 unspecified atom stereocenters. The van der Waals surface area contributed by atoms with Gasteiger partial charge in [0.15, 0.2) is 5.54 Å². The summed E-state index contributed by atoms with van der Waals surface area (Å²) in [6, 6.07) is 10.8. The normalized spacial score (nSPS) is 16.9. The minimum Gasteiger partial charge on any atom is -0.383 e. The van der Waals surface area contributed by atoms with E-state index in [1.165, 1.54) is 6.20 Å². The number of aromatic nitrogens is 2. The van der Waals surface area contributed by atoms with E-state index in [-0.39, 0.29) is 18.3 Å². The largest absolute Gasteiger partial charge is 0.413 e. The van der Waals surface area contributed by atoms with Crippen LogP contribution in [-0.4, -0.2) is 33.2 Å². The van der Waals surface area contributed by atoms with Crippen molar-refractivity contribution in [1.29, 1.82) is 0 Å². The summed E-state index contributed by atoms with van der Waals surface area (Å²) >= 11 is 6.78. The van der Waals surface area contributed by atoms with Gasteiger partial charge in [0.05, 0.1) is 33.5 Å². The summed E-state index contributed by atoms with van der Waals surface area (Å²) in [7, 11) is 0. The SMILES string of the molecule is C#Cc1cnc2c(Cl)cc(N[C@H](C3=CN(C4(C(F)(F)F)CC4)NN3)c3cncc4ccccc34)cc2c1NCC(C)(C)C. The van der Waals surface area contributed by atoms with Gasteiger partial charge >= 0.3 is 6.18 Å². The quantitative estimate of drug-likeness (QED) is 0.165. The van der Waals surface area contributed by atoms with Gasteiger partial charge in [-0.05, 0) is 35.8 Å². The molecule has 0 radical (unpaired) electrons. The van der Waals surface area contributed by atoms with Crippen LogP contribution >= 0.6 is 11.6 Å². The van der Waals surface area contributed by atoms with Crippen molar-refractivity contribution in [2.24, 2.45) is 5.41 Å². The van der Waals surface area contributed by atoms with Gasteiger partial charge < -0.3 is 16.1 Å². The van der Waals surface area contributed by atoms with Crippen molar-refractivity contribution in [2.75, 3.05) is 17.2 Å². The number of alkyl halides is 3. The molecule has 1 aliphatic heterocycles. The third-order valence-corrected chi connectivity index (χ3v) is 8.10. The summed E-state index contributed by atoms with van der Waals surface area (Å²) in [6.45, 7) is 7.00. The number of pyridine rings is 2. The van der Waals surface area contributed by atoms with Gasteiger partial charge in [0.2, 0.25) is 0 Å². The topological polar surface area (TPSA) is 77.1 Å². The smallest absolute Gasteiger partial charge is 0.383 e. The average Bonchev–Trinajstić information content (AvgIpc) is 3.65. The molecule has 0 saturated heterocycles. The second-order valence-corrected chi connectivity index (χ2v) is 12.6. The first-order valence-electron chi connectivity index (χ1n) is 13.9. The van der Waals surface area contributed by atoms with Crippen LogP contribution in [0.1, 0.15) is 50.8 Å². The van der Waals surface area contributed by atoms with Gasteiger partial charge in [-0.2, -0.15) is 13.2 Å². The van der Waals surface area contributed by atoms with Crippen molar-refractivity contribution in [3.63, 3.8) is 0 Å². The zero-order valence-corrected chi connectivity index (χ0v) is 24.7. The fraction of sp³-hybridized carbons (Fsp3) is 0.312. The predicted molar refractivity (Wildman–Crippen MR) is 165 cm³/mol. The maximum atomic E-state index is 14.0. The lowest BCUT2D eigenvalue weighted by molar-refractivity contribution is -0.195. The number of fused-ring (bicyclic) bond motifs is 2. The van der Waals surface area contributed by atoms with E-state index in [1.807, 2.05) is 30.3 Å². The van der Waals surface area contributed by atoms with Crippen LogP contribution in [-0.2, 0) is 0 Å². The van der Waals surface area contributed by atoms with Gasteiger partial charge in [0.1, 0.15) is 0 Å². The van der Waals surface area contributed by atoms with Crippen molar-refractivity contribution in [3.8, 4) is 12.3 Å². The Hall–Kier alpha value is -4.20. The molecule has 1 fully saturated rings. The van der Waals surface area contributed by atoms with Crippen LogP contribution in [0.5, 0.6) is 0 Å². The number of nitrogens with one attached hydrogen (secondary N) is 4. The van der Waals surface area contributed by atoms with Gasteiger partial charge in [-0.1, -0.05) is 62.6 Å². The van der Waals surface area contributed by atoms with Crippen molar-refractivity contribution >= 4 is 44.7 Å². The Morgan fingerprint density at radius 2 is 1.88 bits per heavy atom. The molecule has 0 spiro atoms. The fourth-order valence-electron chi connectivity index (χ4n) is 5.34. The molecule has 1 aliphatic carbocycles. The lowest BCUT2D eigenvalue weighted by Gasteiger charge is -2.28. The number of hydrogen-bond acceptors (Lipinski definition) is 7. The first-order chi connectivity index (χ1) is 20.4. The van der Waals surface area contributed by atoms with Gasteiger partial charge in [-0.15, -0.1) is 12.0 Å². The number of hydrazine groups is 2. The summed E-state index contributed by atoms with van der Waals surface area (Å²) in [5.74, 6) is 2.71. The Labute approximate surface area is 252 Å². The number of hydrogen-bond donors (Lipinski definition) is 4. The lowest BCUT2D eigenvalue weighted by atomic mass is 9.96. The lowest BCUT2D eigenvalue weighted by Crippen LogP contribution is -2.52. The third-order valence-electron chi connectivity index (χ3n) is 7.81. The Kier molecular flexibility index (Phi) is 7.06. The molecule has 7 nitrogen and oxygen atoms in total. The molecular formula is C32H31ClF3N7. The molecule has 0 bridgehead atoms. The molecule has 6 rings (SSSR count). The van der Waals surface area contributed by atoms with Crippen molar-refractivity contribution < 1.29 is 13.2 Å². The molecule has 222 valence electrons. The minimum absolute atomic E-state index is 0.0119. The first kappa shape index (κ1) is 28.9. The van der Waals surface area contributed by atoms with Gasteiger partial charge in [0, 0.05) is 53.4 Å². The average molecular weight is 606 g/mol. The highest BCUT2D eigenvalue weighted by Crippen LogP contribution is 2.54. The Morgan fingerprint density at radius 3 is 2.58 bits per heavy atom. The number of benzene rings is 2. The second-order valence-electron chi connectivity index (χ2n) is 12.2. The number of nitrogens with zero attached hydrogens (tertiary/aromatic N) is 3. The molecule has 3 heterocycles. The molecule has 2 aromatic carbocycles. The molecular weight excluding hydrogens is 575 g/mol. The van der Waals surface area contributed by atoms with E-state index in [2.05, 4.69) is 58.3 Å². The van der Waals surface area contributed by atoms with Gasteiger partial charge in [0.25, 0.3) is 0 Å². The predicted octanol–water partition coefficient (Wildman–Crippen LogP) is 7.29. The van der Waals surface area contributed by atoms with Crippen LogP contribution in [0.2, 0.25) is 5.02 Å². The second kappa shape index (κ2) is 10.5. The Morgan fingerprint density at radius 1 is 1.12 bits per heavy atom. The molecule has 2 aromatic heterocycles. The molecule has 43 heavy (non-hydrogen) atoms. The standard InChI is InChI=1S/C32H31ClF3N7/c1-5-19-15-38-28-23(27(19)39-18-30(2,3)4)12-21(13-25(28)33)40-29(24-16-37-14-20-8-6-7-9-22(20)24)26-17-43(42-41-26)31(10-11-31)32(34,35)36/h1,6-9,12-17,29,40-42H,10-11,18H2,2-4H3,(H,38,39)/t29-/m0/s1. The van der Waals surface area contributed by atoms with Crippen LogP contribution in [0.3, 0.4) is 0 Å². The van der Waals surface area contributed by atoms with E-state index in [9.17, 15) is 13.2 Å². The molecule has 4 N–H and O–H groups in total. The van der Waals surface area contributed by atoms with E-state index in [0.29, 0.717) is 34.0 Å². The van der Waals surface area contributed by atoms with E-state index in [4.69, 9.17) is 18.0 Å². The number of rotatable bonds is 7. The molecule has 2 aliphatic rings. The van der Waals surface area contributed by atoms with Crippen molar-refractivity contribution in [2.45, 2.75) is 51.4 Å². The monoisotopic (exact) mass is 605 g/mol. The highest BCUT2D eigenvalue weighted by atomic mass is 35.5. The highest BCUT2D eigenvalue weighted by molar-refractivity contribution is 6.35. The molecule has 0 amide bonds. The maximum Gasteiger partial charge on any atom is 0.413 e. The molecule has 11 heteroatoms. The summed E-state index contributed by atoms with van der Waals surface area (Å²) < 4.78 is 41.9. The summed E-state index contributed by atoms with van der Waals surface area (Å²) in [5, 5.41) is 11.1. The van der Waals surface area contributed by atoms with Crippen LogP contribution < -0.4 is 21.6 Å². The van der Waals surface area contributed by atoms with Crippen molar-refractivity contribution in [3.05, 3.63) is 83.0 Å². The summed E-state index contributed by atoms with van der Waals surface area (Å²) in [6.07, 6.45) is 8.06. The van der Waals surface area contributed by atoms with Crippen LogP contribution in [0.15, 0.2) is 66.9 Å². The maximum absolute atomic E-state index is 14.0. The highest BCUT2D eigenvalue weighted by Gasteiger charge is 2.67. The zero-order valence-electron chi connectivity index (χ0n) is 23.9. The summed E-state index contributed by atoms with van der Waals surface area (Å²) in [4.78, 5) is 8.96. The fourth-order valence-corrected chi connectivity index (χ4v) is 5.61.